The lowest BCUT2D eigenvalue weighted by Gasteiger charge is -2.23. The van der Waals surface area contributed by atoms with Crippen LogP contribution in [0.4, 0.5) is 5.69 Å². The maximum Gasteiger partial charge on any atom is 0.285 e. The molecular formula is C14H10N2O4. The number of carbonyl (C=O) groups is 2. The Balaban J connectivity index is 2.20. The minimum atomic E-state index is -0.723. The molecule has 4 rings (SSSR count). The van der Waals surface area contributed by atoms with E-state index < -0.39 is 11.8 Å². The Morgan fingerprint density at radius 1 is 1.20 bits per heavy atom. The molecule has 2 aromatic rings. The van der Waals surface area contributed by atoms with E-state index in [-0.39, 0.29) is 10.6 Å². The molecule has 0 radical (unpaired) electrons. The summed E-state index contributed by atoms with van der Waals surface area (Å²) >= 11 is 0. The zero-order chi connectivity index (χ0) is 14.0. The molecule has 0 fully saturated rings. The van der Waals surface area contributed by atoms with Gasteiger partial charge in [0.2, 0.25) is 0 Å². The van der Waals surface area contributed by atoms with E-state index in [1.165, 1.54) is 0 Å². The molecule has 2 aliphatic heterocycles. The normalized spacial score (nSPS) is 16.7. The van der Waals surface area contributed by atoms with Crippen LogP contribution < -0.4 is 9.64 Å². The monoisotopic (exact) mass is 270 g/mol. The van der Waals surface area contributed by atoms with Crippen molar-refractivity contribution in [1.82, 2.24) is 5.06 Å². The van der Waals surface area contributed by atoms with E-state index in [9.17, 15) is 14.8 Å². The summed E-state index contributed by atoms with van der Waals surface area (Å²) in [5.74, 6) is -0.836. The van der Waals surface area contributed by atoms with Crippen LogP contribution in [0.5, 0.6) is 5.75 Å². The summed E-state index contributed by atoms with van der Waals surface area (Å²) in [6.07, 6.45) is 0. The van der Waals surface area contributed by atoms with Gasteiger partial charge in [0.15, 0.2) is 6.73 Å². The summed E-state index contributed by atoms with van der Waals surface area (Å²) in [6.45, 7) is 0.392. The number of amides is 2. The van der Waals surface area contributed by atoms with E-state index in [0.717, 1.165) is 11.1 Å². The number of nitrogens with zero attached hydrogens (tertiary/aromatic N) is 2. The number of benzene rings is 2. The van der Waals surface area contributed by atoms with Crippen molar-refractivity contribution in [1.29, 1.82) is 0 Å². The zero-order valence-corrected chi connectivity index (χ0v) is 10.6. The molecule has 0 aliphatic carbocycles. The van der Waals surface area contributed by atoms with E-state index >= 15 is 0 Å². The number of imide groups is 1. The standard InChI is InChI=1S/C14H10N2O4/c1-15-6-20-10-5-9-11-7(12(10)15)3-2-4-8(11)13(17)16(19)14(9)18/h2-5,19H,6H2,1H3. The van der Waals surface area contributed by atoms with Gasteiger partial charge in [-0.3, -0.25) is 14.8 Å². The van der Waals surface area contributed by atoms with Crippen molar-refractivity contribution in [3.05, 3.63) is 35.4 Å². The Bertz CT molecular complexity index is 799. The highest BCUT2D eigenvalue weighted by Crippen LogP contribution is 2.44. The Kier molecular flexibility index (Phi) is 1.96. The fourth-order valence-corrected chi connectivity index (χ4v) is 2.85. The minimum Gasteiger partial charge on any atom is -0.471 e. The molecule has 20 heavy (non-hydrogen) atoms. The van der Waals surface area contributed by atoms with Crippen LogP contribution in [-0.2, 0) is 0 Å². The number of ether oxygens (including phenoxy) is 1. The van der Waals surface area contributed by atoms with E-state index in [0.29, 0.717) is 23.4 Å². The van der Waals surface area contributed by atoms with Crippen molar-refractivity contribution in [2.24, 2.45) is 0 Å². The number of rotatable bonds is 0. The van der Waals surface area contributed by atoms with E-state index in [1.54, 1.807) is 18.2 Å². The molecule has 0 spiro atoms. The lowest BCUT2D eigenvalue weighted by Crippen LogP contribution is -2.37. The first-order valence-corrected chi connectivity index (χ1v) is 6.11. The average molecular weight is 270 g/mol. The Labute approximate surface area is 113 Å². The summed E-state index contributed by atoms with van der Waals surface area (Å²) in [5.41, 5.74) is 1.46. The second kappa shape index (κ2) is 3.49. The SMILES string of the molecule is CN1COc2cc3c4c(cccc4c21)C(=O)N(O)C3=O. The first kappa shape index (κ1) is 11.2. The quantitative estimate of drug-likeness (QED) is 0.581. The van der Waals surface area contributed by atoms with E-state index in [4.69, 9.17) is 4.74 Å². The van der Waals surface area contributed by atoms with Gasteiger partial charge in [0.1, 0.15) is 5.75 Å². The second-order valence-electron chi connectivity index (χ2n) is 4.89. The van der Waals surface area contributed by atoms with Gasteiger partial charge in [-0.2, -0.15) is 0 Å². The van der Waals surface area contributed by atoms with Crippen molar-refractivity contribution >= 4 is 28.3 Å². The summed E-state index contributed by atoms with van der Waals surface area (Å²) in [6, 6.07) is 6.77. The van der Waals surface area contributed by atoms with Crippen LogP contribution in [0.3, 0.4) is 0 Å². The second-order valence-corrected chi connectivity index (χ2v) is 4.89. The molecule has 2 heterocycles. The molecule has 0 atom stereocenters. The Morgan fingerprint density at radius 3 is 2.75 bits per heavy atom. The van der Waals surface area contributed by atoms with Crippen LogP contribution in [0.15, 0.2) is 24.3 Å². The molecule has 0 unspecified atom stereocenters. The highest BCUT2D eigenvalue weighted by Gasteiger charge is 2.35. The van der Waals surface area contributed by atoms with Crippen molar-refractivity contribution in [3.8, 4) is 5.75 Å². The highest BCUT2D eigenvalue weighted by molar-refractivity contribution is 6.26. The number of anilines is 1. The predicted octanol–water partition coefficient (Wildman–Crippen LogP) is 1.61. The summed E-state index contributed by atoms with van der Waals surface area (Å²) in [7, 11) is 1.88. The third-order valence-corrected chi connectivity index (χ3v) is 3.74. The summed E-state index contributed by atoms with van der Waals surface area (Å²) in [4.78, 5) is 26.0. The maximum atomic E-state index is 12.1. The van der Waals surface area contributed by atoms with Crippen LogP contribution in [-0.4, -0.2) is 35.9 Å². The summed E-state index contributed by atoms with van der Waals surface area (Å²) in [5, 5.41) is 11.1. The van der Waals surface area contributed by atoms with Crippen molar-refractivity contribution in [3.63, 3.8) is 0 Å². The smallest absolute Gasteiger partial charge is 0.285 e. The molecule has 2 aliphatic rings. The first-order valence-electron chi connectivity index (χ1n) is 6.11. The average Bonchev–Trinajstić information content (AvgIpc) is 2.83. The molecule has 6 heteroatoms. The number of hydroxylamine groups is 2. The van der Waals surface area contributed by atoms with Crippen LogP contribution in [0.1, 0.15) is 20.7 Å². The van der Waals surface area contributed by atoms with E-state index in [1.807, 2.05) is 18.0 Å². The van der Waals surface area contributed by atoms with Gasteiger partial charge in [0.05, 0.1) is 16.8 Å². The van der Waals surface area contributed by atoms with Crippen LogP contribution in [0.25, 0.3) is 10.8 Å². The number of hydrogen-bond donors (Lipinski definition) is 1. The molecule has 0 bridgehead atoms. The largest absolute Gasteiger partial charge is 0.471 e. The van der Waals surface area contributed by atoms with Crippen LogP contribution >= 0.6 is 0 Å². The molecule has 1 N–H and O–H groups in total. The van der Waals surface area contributed by atoms with Gasteiger partial charge in [0.25, 0.3) is 11.8 Å². The molecular weight excluding hydrogens is 260 g/mol. The summed E-state index contributed by atoms with van der Waals surface area (Å²) < 4.78 is 5.52. The third kappa shape index (κ3) is 1.16. The number of fused-ring (bicyclic) bond motifs is 2. The molecule has 0 saturated heterocycles. The van der Waals surface area contributed by atoms with Crippen molar-refractivity contribution in [2.45, 2.75) is 0 Å². The van der Waals surface area contributed by atoms with Gasteiger partial charge in [-0.05, 0) is 12.1 Å². The number of hydrogen-bond acceptors (Lipinski definition) is 5. The van der Waals surface area contributed by atoms with E-state index in [2.05, 4.69) is 0 Å². The molecule has 6 nitrogen and oxygen atoms in total. The molecule has 100 valence electrons. The topological polar surface area (TPSA) is 70.1 Å². The molecule has 2 amide bonds. The predicted molar refractivity (Wildman–Crippen MR) is 70.1 cm³/mol. The van der Waals surface area contributed by atoms with Crippen molar-refractivity contribution < 1.29 is 19.5 Å². The molecule has 0 saturated carbocycles. The third-order valence-electron chi connectivity index (χ3n) is 3.74. The fourth-order valence-electron chi connectivity index (χ4n) is 2.85. The zero-order valence-electron chi connectivity index (χ0n) is 10.6. The van der Waals surface area contributed by atoms with Gasteiger partial charge in [-0.15, -0.1) is 5.06 Å². The maximum absolute atomic E-state index is 12.1. The highest BCUT2D eigenvalue weighted by atomic mass is 16.5. The molecule has 2 aromatic carbocycles. The van der Waals surface area contributed by atoms with Gasteiger partial charge in [-0.1, -0.05) is 12.1 Å². The van der Waals surface area contributed by atoms with Gasteiger partial charge < -0.3 is 9.64 Å². The van der Waals surface area contributed by atoms with Crippen molar-refractivity contribution in [2.75, 3.05) is 18.7 Å². The van der Waals surface area contributed by atoms with Crippen LogP contribution in [0, 0.1) is 0 Å². The minimum absolute atomic E-state index is 0.155. The lowest BCUT2D eigenvalue weighted by atomic mass is 9.93. The van der Waals surface area contributed by atoms with Gasteiger partial charge in [-0.25, -0.2) is 0 Å². The lowest BCUT2D eigenvalue weighted by molar-refractivity contribution is -0.0377. The fraction of sp³-hybridized carbons (Fsp3) is 0.143. The number of carbonyl (C=O) groups excluding carboxylic acids is 2. The van der Waals surface area contributed by atoms with Gasteiger partial charge in [0, 0.05) is 17.8 Å². The Hall–Kier alpha value is -2.60. The Morgan fingerprint density at radius 2 is 1.95 bits per heavy atom. The van der Waals surface area contributed by atoms with Crippen LogP contribution in [0.2, 0.25) is 0 Å². The van der Waals surface area contributed by atoms with Gasteiger partial charge >= 0.3 is 0 Å². The molecule has 0 aromatic heterocycles. The first-order chi connectivity index (χ1) is 9.59.